The van der Waals surface area contributed by atoms with Crippen LogP contribution in [0.1, 0.15) is 12.8 Å². The molecule has 3 rings (SSSR count). The summed E-state index contributed by atoms with van der Waals surface area (Å²) in [6, 6.07) is 18.9. The number of esters is 1. The highest BCUT2D eigenvalue weighted by molar-refractivity contribution is 6.30. The number of hydrogen-bond acceptors (Lipinski definition) is 7. The van der Waals surface area contributed by atoms with Crippen LogP contribution in [0, 0.1) is 10.1 Å². The van der Waals surface area contributed by atoms with Gasteiger partial charge in [0.2, 0.25) is 5.91 Å². The molecule has 0 aliphatic carbocycles. The van der Waals surface area contributed by atoms with Crippen LogP contribution in [0.3, 0.4) is 0 Å². The number of nitro benzene ring substituents is 1. The molecular weight excluding hydrogens is 478 g/mol. The highest BCUT2D eigenvalue weighted by Gasteiger charge is 2.12. The molecule has 0 spiro atoms. The molecule has 0 fully saturated rings. The van der Waals surface area contributed by atoms with E-state index in [4.69, 9.17) is 21.1 Å². The van der Waals surface area contributed by atoms with E-state index in [0.717, 1.165) is 0 Å². The minimum absolute atomic E-state index is 0.144. The first-order valence-corrected chi connectivity index (χ1v) is 10.7. The van der Waals surface area contributed by atoms with Gasteiger partial charge in [0.25, 0.3) is 11.6 Å². The van der Waals surface area contributed by atoms with Crippen molar-refractivity contribution in [2.24, 2.45) is 0 Å². The Kier molecular flexibility index (Phi) is 8.74. The summed E-state index contributed by atoms with van der Waals surface area (Å²) in [6.07, 6.45) is -0.373. The number of halogens is 1. The van der Waals surface area contributed by atoms with Crippen LogP contribution < -0.4 is 15.4 Å². The second-order valence-corrected chi connectivity index (χ2v) is 7.58. The number of non-ortho nitro benzene ring substituents is 1. The molecule has 0 bridgehead atoms. The average molecular weight is 498 g/mol. The lowest BCUT2D eigenvalue weighted by Crippen LogP contribution is -2.21. The molecule has 0 unspecified atom stereocenters. The zero-order valence-corrected chi connectivity index (χ0v) is 19.0. The fraction of sp³-hybridized carbons (Fsp3) is 0.125. The van der Waals surface area contributed by atoms with Crippen molar-refractivity contribution in [1.82, 2.24) is 0 Å². The van der Waals surface area contributed by atoms with Crippen molar-refractivity contribution in [2.45, 2.75) is 12.8 Å². The smallest absolute Gasteiger partial charge is 0.306 e. The Bertz CT molecular complexity index is 1210. The fourth-order valence-corrected chi connectivity index (χ4v) is 2.92. The molecule has 0 saturated carbocycles. The number of anilines is 2. The highest BCUT2D eigenvalue weighted by atomic mass is 35.5. The molecule has 0 aliphatic heterocycles. The summed E-state index contributed by atoms with van der Waals surface area (Å²) in [7, 11) is 0. The maximum absolute atomic E-state index is 12.1. The zero-order valence-electron chi connectivity index (χ0n) is 18.2. The van der Waals surface area contributed by atoms with Gasteiger partial charge in [-0.15, -0.1) is 0 Å². The second kappa shape index (κ2) is 12.1. The summed E-state index contributed by atoms with van der Waals surface area (Å²) >= 11 is 5.84. The van der Waals surface area contributed by atoms with Crippen LogP contribution in [0.5, 0.6) is 11.5 Å². The van der Waals surface area contributed by atoms with Crippen molar-refractivity contribution >= 4 is 46.4 Å². The molecule has 0 radical (unpaired) electrons. The molecule has 0 aliphatic rings. The number of nitro groups is 1. The molecule has 2 N–H and O–H groups in total. The van der Waals surface area contributed by atoms with Gasteiger partial charge in [-0.2, -0.15) is 0 Å². The number of nitrogens with zero attached hydrogens (tertiary/aromatic N) is 1. The van der Waals surface area contributed by atoms with E-state index in [1.165, 1.54) is 24.3 Å². The number of hydrogen-bond donors (Lipinski definition) is 2. The third-order valence-electron chi connectivity index (χ3n) is 4.45. The van der Waals surface area contributed by atoms with E-state index in [0.29, 0.717) is 22.2 Å². The zero-order chi connectivity index (χ0) is 25.2. The van der Waals surface area contributed by atoms with Gasteiger partial charge in [0.1, 0.15) is 11.5 Å². The quantitative estimate of drug-likeness (QED) is 0.230. The highest BCUT2D eigenvalue weighted by Crippen LogP contribution is 2.24. The van der Waals surface area contributed by atoms with Crippen molar-refractivity contribution in [3.8, 4) is 11.5 Å². The lowest BCUT2D eigenvalue weighted by atomic mass is 10.2. The number of rotatable bonds is 10. The van der Waals surface area contributed by atoms with E-state index in [1.807, 2.05) is 0 Å². The number of carbonyl (C=O) groups is 3. The summed E-state index contributed by atoms with van der Waals surface area (Å²) in [5.41, 5.74) is 0.530. The van der Waals surface area contributed by atoms with Gasteiger partial charge in [-0.1, -0.05) is 17.7 Å². The van der Waals surface area contributed by atoms with Gasteiger partial charge in [-0.05, 0) is 54.6 Å². The van der Waals surface area contributed by atoms with Crippen LogP contribution in [0.2, 0.25) is 5.02 Å². The molecule has 35 heavy (non-hydrogen) atoms. The van der Waals surface area contributed by atoms with Gasteiger partial charge in [-0.3, -0.25) is 24.5 Å². The fourth-order valence-electron chi connectivity index (χ4n) is 2.80. The van der Waals surface area contributed by atoms with Crippen molar-refractivity contribution < 1.29 is 28.8 Å². The van der Waals surface area contributed by atoms with Crippen LogP contribution in [0.25, 0.3) is 0 Å². The molecular formula is C24H20ClN3O7. The Hall–Kier alpha value is -4.44. The van der Waals surface area contributed by atoms with Crippen LogP contribution >= 0.6 is 11.6 Å². The van der Waals surface area contributed by atoms with E-state index in [1.54, 1.807) is 48.5 Å². The minimum Gasteiger partial charge on any atom is -0.457 e. The number of benzene rings is 3. The third kappa shape index (κ3) is 8.45. The lowest BCUT2D eigenvalue weighted by molar-refractivity contribution is -0.384. The van der Waals surface area contributed by atoms with Gasteiger partial charge < -0.3 is 20.1 Å². The van der Waals surface area contributed by atoms with E-state index < -0.39 is 29.3 Å². The third-order valence-corrected chi connectivity index (χ3v) is 4.70. The summed E-state index contributed by atoms with van der Waals surface area (Å²) in [5, 5.41) is 16.4. The van der Waals surface area contributed by atoms with Crippen LogP contribution in [-0.4, -0.2) is 29.3 Å². The maximum Gasteiger partial charge on any atom is 0.306 e. The van der Waals surface area contributed by atoms with Crippen LogP contribution in [-0.2, 0) is 19.1 Å². The summed E-state index contributed by atoms with van der Waals surface area (Å²) in [4.78, 5) is 46.0. The monoisotopic (exact) mass is 497 g/mol. The molecule has 0 aromatic heterocycles. The predicted octanol–water partition coefficient (Wildman–Crippen LogP) is 4.94. The topological polar surface area (TPSA) is 137 Å². The SMILES string of the molecule is O=C(CCC(=O)OCC(=O)Nc1cccc([N+](=O)[O-])c1)Nc1ccc(Oc2ccc(Cl)cc2)cc1. The van der Waals surface area contributed by atoms with Crippen molar-refractivity contribution in [1.29, 1.82) is 0 Å². The Morgan fingerprint density at radius 1 is 0.829 bits per heavy atom. The molecule has 180 valence electrons. The molecule has 3 aromatic rings. The van der Waals surface area contributed by atoms with Gasteiger partial charge >= 0.3 is 5.97 Å². The maximum atomic E-state index is 12.1. The molecule has 0 saturated heterocycles. The predicted molar refractivity (Wildman–Crippen MR) is 129 cm³/mol. The molecule has 2 amide bonds. The molecule has 10 nitrogen and oxygen atoms in total. The van der Waals surface area contributed by atoms with Crippen molar-refractivity contribution in [2.75, 3.05) is 17.2 Å². The first kappa shape index (κ1) is 25.2. The van der Waals surface area contributed by atoms with E-state index in [9.17, 15) is 24.5 Å². The standard InChI is InChI=1S/C24H20ClN3O7/c25-16-4-8-20(9-5-16)35-21-10-6-17(7-11-21)26-22(29)12-13-24(31)34-15-23(30)27-18-2-1-3-19(14-18)28(32)33/h1-11,14H,12-13,15H2,(H,26,29)(H,27,30). The lowest BCUT2D eigenvalue weighted by Gasteiger charge is -2.09. The van der Waals surface area contributed by atoms with Gasteiger partial charge in [0.05, 0.1) is 11.3 Å². The molecule has 11 heteroatoms. The second-order valence-electron chi connectivity index (χ2n) is 7.14. The van der Waals surface area contributed by atoms with Gasteiger partial charge in [0, 0.05) is 35.0 Å². The van der Waals surface area contributed by atoms with Gasteiger partial charge in [-0.25, -0.2) is 0 Å². The largest absolute Gasteiger partial charge is 0.457 e. The number of carbonyl (C=O) groups excluding carboxylic acids is 3. The Labute approximate surface area is 205 Å². The Morgan fingerprint density at radius 2 is 1.46 bits per heavy atom. The van der Waals surface area contributed by atoms with E-state index in [-0.39, 0.29) is 24.2 Å². The van der Waals surface area contributed by atoms with Crippen LogP contribution in [0.15, 0.2) is 72.8 Å². The average Bonchev–Trinajstić information content (AvgIpc) is 2.84. The first-order valence-electron chi connectivity index (χ1n) is 10.3. The normalized spacial score (nSPS) is 10.2. The first-order chi connectivity index (χ1) is 16.8. The van der Waals surface area contributed by atoms with E-state index in [2.05, 4.69) is 10.6 Å². The minimum atomic E-state index is -0.735. The molecule has 0 atom stereocenters. The van der Waals surface area contributed by atoms with Crippen molar-refractivity contribution in [3.63, 3.8) is 0 Å². The van der Waals surface area contributed by atoms with Crippen molar-refractivity contribution in [3.05, 3.63) is 87.9 Å². The Balaban J connectivity index is 1.37. The Morgan fingerprint density at radius 3 is 2.11 bits per heavy atom. The number of ether oxygens (including phenoxy) is 2. The number of amides is 2. The number of nitrogens with one attached hydrogen (secondary N) is 2. The molecule has 3 aromatic carbocycles. The van der Waals surface area contributed by atoms with Gasteiger partial charge in [0.15, 0.2) is 6.61 Å². The summed E-state index contributed by atoms with van der Waals surface area (Å²) < 4.78 is 10.5. The van der Waals surface area contributed by atoms with Crippen LogP contribution in [0.4, 0.5) is 17.1 Å². The summed E-state index contributed by atoms with van der Waals surface area (Å²) in [6.45, 7) is -0.585. The summed E-state index contributed by atoms with van der Waals surface area (Å²) in [5.74, 6) is -0.625. The van der Waals surface area contributed by atoms with E-state index >= 15 is 0 Å². The molecule has 0 heterocycles.